The average molecular weight is 304 g/mol. The number of hydrogen-bond donors (Lipinski definition) is 1. The first-order chi connectivity index (χ1) is 10.1. The van der Waals surface area contributed by atoms with Gasteiger partial charge < -0.3 is 4.90 Å². The summed E-state index contributed by atoms with van der Waals surface area (Å²) in [5.41, 5.74) is 0. The van der Waals surface area contributed by atoms with E-state index in [1.807, 2.05) is 25.7 Å². The molecule has 0 fully saturated rings. The first-order valence-corrected chi connectivity index (χ1v) is 8.41. The zero-order chi connectivity index (χ0) is 15.4. The van der Waals surface area contributed by atoms with Gasteiger partial charge in [0.25, 0.3) is 0 Å². The van der Waals surface area contributed by atoms with E-state index < -0.39 is 0 Å². The number of rotatable bonds is 6. The lowest BCUT2D eigenvalue weighted by atomic mass is 10.2. The van der Waals surface area contributed by atoms with E-state index in [-0.39, 0.29) is 18.0 Å². The second kappa shape index (κ2) is 7.05. The van der Waals surface area contributed by atoms with Gasteiger partial charge in [-0.05, 0) is 45.2 Å². The normalized spacial score (nSPS) is 14.1. The number of nitrogens with one attached hydrogen (secondary N) is 1. The standard InChI is InChI=1S/C17H24N2OS/c1-5-19(6-2)17(20)13(4)18-12(3)16-11-14-9-7-8-10-15(14)21-16/h7-13,18H,5-6H2,1-4H3. The lowest BCUT2D eigenvalue weighted by Crippen LogP contribution is -2.45. The highest BCUT2D eigenvalue weighted by Crippen LogP contribution is 2.29. The summed E-state index contributed by atoms with van der Waals surface area (Å²) in [6.45, 7) is 9.63. The monoisotopic (exact) mass is 304 g/mol. The molecule has 0 saturated carbocycles. The van der Waals surface area contributed by atoms with Crippen LogP contribution in [0.15, 0.2) is 30.3 Å². The Morgan fingerprint density at radius 2 is 1.90 bits per heavy atom. The van der Waals surface area contributed by atoms with Crippen LogP contribution < -0.4 is 5.32 Å². The van der Waals surface area contributed by atoms with Crippen molar-refractivity contribution < 1.29 is 4.79 Å². The minimum absolute atomic E-state index is 0.162. The van der Waals surface area contributed by atoms with Crippen LogP contribution in [0.3, 0.4) is 0 Å². The lowest BCUT2D eigenvalue weighted by Gasteiger charge is -2.25. The predicted molar refractivity (Wildman–Crippen MR) is 90.8 cm³/mol. The van der Waals surface area contributed by atoms with Gasteiger partial charge in [-0.15, -0.1) is 11.3 Å². The van der Waals surface area contributed by atoms with Crippen molar-refractivity contribution in [2.45, 2.75) is 39.8 Å². The highest BCUT2D eigenvalue weighted by molar-refractivity contribution is 7.19. The second-order valence-electron chi connectivity index (χ2n) is 5.31. The summed E-state index contributed by atoms with van der Waals surface area (Å²) < 4.78 is 1.30. The minimum atomic E-state index is -0.162. The number of amides is 1. The molecule has 4 heteroatoms. The number of carbonyl (C=O) groups excluding carboxylic acids is 1. The van der Waals surface area contributed by atoms with Crippen LogP contribution in [-0.2, 0) is 4.79 Å². The molecular weight excluding hydrogens is 280 g/mol. The number of carbonyl (C=O) groups is 1. The molecule has 1 N–H and O–H groups in total. The molecule has 1 aromatic carbocycles. The quantitative estimate of drug-likeness (QED) is 0.880. The van der Waals surface area contributed by atoms with Crippen LogP contribution in [0.4, 0.5) is 0 Å². The van der Waals surface area contributed by atoms with E-state index in [4.69, 9.17) is 0 Å². The minimum Gasteiger partial charge on any atom is -0.342 e. The summed E-state index contributed by atoms with van der Waals surface area (Å²) in [6.07, 6.45) is 0. The van der Waals surface area contributed by atoms with Crippen LogP contribution in [0.25, 0.3) is 10.1 Å². The number of benzene rings is 1. The summed E-state index contributed by atoms with van der Waals surface area (Å²) in [7, 11) is 0. The number of thiophene rings is 1. The van der Waals surface area contributed by atoms with Crippen LogP contribution in [0.1, 0.15) is 38.6 Å². The Bertz CT molecular complexity index is 571. The Balaban J connectivity index is 2.06. The van der Waals surface area contributed by atoms with Crippen molar-refractivity contribution in [2.75, 3.05) is 13.1 Å². The van der Waals surface area contributed by atoms with Crippen molar-refractivity contribution in [3.8, 4) is 0 Å². The fourth-order valence-electron chi connectivity index (χ4n) is 2.55. The molecule has 2 unspecified atom stereocenters. The number of nitrogens with zero attached hydrogens (tertiary/aromatic N) is 1. The molecule has 1 amide bonds. The first-order valence-electron chi connectivity index (χ1n) is 7.60. The molecule has 0 spiro atoms. The largest absolute Gasteiger partial charge is 0.342 e. The maximum absolute atomic E-state index is 12.3. The third kappa shape index (κ3) is 3.63. The third-order valence-corrected chi connectivity index (χ3v) is 5.12. The van der Waals surface area contributed by atoms with Crippen LogP contribution in [0.5, 0.6) is 0 Å². The van der Waals surface area contributed by atoms with Crippen molar-refractivity contribution in [3.05, 3.63) is 35.2 Å². The van der Waals surface area contributed by atoms with E-state index in [0.717, 1.165) is 13.1 Å². The Labute approximate surface area is 131 Å². The maximum atomic E-state index is 12.3. The average Bonchev–Trinajstić information content (AvgIpc) is 2.92. The van der Waals surface area contributed by atoms with Crippen molar-refractivity contribution in [3.63, 3.8) is 0 Å². The summed E-state index contributed by atoms with van der Waals surface area (Å²) in [5.74, 6) is 0.174. The molecule has 3 nitrogen and oxygen atoms in total. The first kappa shape index (κ1) is 16.0. The van der Waals surface area contributed by atoms with Crippen molar-refractivity contribution in [1.82, 2.24) is 10.2 Å². The predicted octanol–water partition coefficient (Wildman–Crippen LogP) is 3.81. The summed E-state index contributed by atoms with van der Waals surface area (Å²) in [5, 5.41) is 4.70. The topological polar surface area (TPSA) is 32.3 Å². The lowest BCUT2D eigenvalue weighted by molar-refractivity contribution is -0.132. The van der Waals surface area contributed by atoms with Crippen LogP contribution in [0.2, 0.25) is 0 Å². The van der Waals surface area contributed by atoms with Crippen LogP contribution in [-0.4, -0.2) is 29.9 Å². The van der Waals surface area contributed by atoms with E-state index in [1.54, 1.807) is 11.3 Å². The Morgan fingerprint density at radius 1 is 1.24 bits per heavy atom. The summed E-state index contributed by atoms with van der Waals surface area (Å²) in [6, 6.07) is 10.6. The Kier molecular flexibility index (Phi) is 5.37. The molecule has 0 radical (unpaired) electrons. The van der Waals surface area contributed by atoms with E-state index in [0.29, 0.717) is 0 Å². The van der Waals surface area contributed by atoms with Gasteiger partial charge in [0, 0.05) is 28.7 Å². The molecule has 0 bridgehead atoms. The van der Waals surface area contributed by atoms with Gasteiger partial charge in [0.1, 0.15) is 0 Å². The van der Waals surface area contributed by atoms with Gasteiger partial charge in [-0.25, -0.2) is 0 Å². The Hall–Kier alpha value is -1.39. The zero-order valence-electron chi connectivity index (χ0n) is 13.2. The highest BCUT2D eigenvalue weighted by atomic mass is 32.1. The van der Waals surface area contributed by atoms with Gasteiger partial charge in [-0.3, -0.25) is 10.1 Å². The van der Waals surface area contributed by atoms with Crippen molar-refractivity contribution >= 4 is 27.3 Å². The maximum Gasteiger partial charge on any atom is 0.239 e. The van der Waals surface area contributed by atoms with Gasteiger partial charge in [0.15, 0.2) is 0 Å². The van der Waals surface area contributed by atoms with Gasteiger partial charge in [-0.2, -0.15) is 0 Å². The van der Waals surface area contributed by atoms with Gasteiger partial charge in [0.05, 0.1) is 6.04 Å². The van der Waals surface area contributed by atoms with Crippen molar-refractivity contribution in [1.29, 1.82) is 0 Å². The fourth-order valence-corrected chi connectivity index (χ4v) is 3.63. The number of fused-ring (bicyclic) bond motifs is 1. The van der Waals surface area contributed by atoms with Gasteiger partial charge >= 0.3 is 0 Å². The summed E-state index contributed by atoms with van der Waals surface area (Å²) in [4.78, 5) is 15.5. The van der Waals surface area contributed by atoms with Crippen LogP contribution >= 0.6 is 11.3 Å². The molecule has 1 aromatic heterocycles. The molecule has 2 atom stereocenters. The zero-order valence-corrected chi connectivity index (χ0v) is 14.0. The third-order valence-electron chi connectivity index (χ3n) is 3.82. The molecule has 21 heavy (non-hydrogen) atoms. The Morgan fingerprint density at radius 3 is 2.52 bits per heavy atom. The molecule has 0 aliphatic rings. The second-order valence-corrected chi connectivity index (χ2v) is 6.42. The van der Waals surface area contributed by atoms with Crippen LogP contribution in [0, 0.1) is 0 Å². The summed E-state index contributed by atoms with van der Waals surface area (Å²) >= 11 is 1.79. The number of hydrogen-bond acceptors (Lipinski definition) is 3. The molecular formula is C17H24N2OS. The van der Waals surface area contributed by atoms with E-state index in [9.17, 15) is 4.79 Å². The molecule has 1 heterocycles. The smallest absolute Gasteiger partial charge is 0.239 e. The molecule has 0 aliphatic heterocycles. The molecule has 2 aromatic rings. The van der Waals surface area contributed by atoms with Gasteiger partial charge in [-0.1, -0.05) is 18.2 Å². The molecule has 0 aliphatic carbocycles. The van der Waals surface area contributed by atoms with E-state index in [2.05, 4.69) is 42.6 Å². The SMILES string of the molecule is CCN(CC)C(=O)C(C)NC(C)c1cc2ccccc2s1. The molecule has 114 valence electrons. The fraction of sp³-hybridized carbons (Fsp3) is 0.471. The number of likely N-dealkylation sites (N-methyl/N-ethyl adjacent to an activating group) is 1. The molecule has 2 rings (SSSR count). The van der Waals surface area contributed by atoms with Gasteiger partial charge in [0.2, 0.25) is 5.91 Å². The van der Waals surface area contributed by atoms with E-state index in [1.165, 1.54) is 15.0 Å². The van der Waals surface area contributed by atoms with Crippen molar-refractivity contribution in [2.24, 2.45) is 0 Å². The highest BCUT2D eigenvalue weighted by Gasteiger charge is 2.20. The van der Waals surface area contributed by atoms with E-state index >= 15 is 0 Å². The molecule has 0 saturated heterocycles.